The Labute approximate surface area is 202 Å². The standard InChI is InChI=1S/2C13H19NO3/c1-10-3-4-12-13(7-10)16-9-11(17-12)8-14(2)5-6-15;1-10-3-4-12-13(7-10)17-11(9-16-12)8-14(2)5-6-15/h2*3-4,7,11,15H,5-6,8-9H2,1-2H3. The Morgan fingerprint density at radius 2 is 1.18 bits per heavy atom. The Kier molecular flexibility index (Phi) is 9.83. The summed E-state index contributed by atoms with van der Waals surface area (Å²) in [5.41, 5.74) is 2.33. The third-order valence-electron chi connectivity index (χ3n) is 5.63. The fourth-order valence-electron chi connectivity index (χ4n) is 3.84. The topological polar surface area (TPSA) is 83.9 Å². The number of fused-ring (bicyclic) bond motifs is 2. The van der Waals surface area contributed by atoms with Crippen LogP contribution in [-0.4, -0.2) is 98.9 Å². The molecule has 2 aliphatic rings. The summed E-state index contributed by atoms with van der Waals surface area (Å²) in [5.74, 6) is 3.27. The lowest BCUT2D eigenvalue weighted by molar-refractivity contribution is 0.0612. The van der Waals surface area contributed by atoms with Gasteiger partial charge in [0.2, 0.25) is 0 Å². The van der Waals surface area contributed by atoms with E-state index in [-0.39, 0.29) is 25.4 Å². The number of nitrogens with zero attached hydrogens (tertiary/aromatic N) is 2. The van der Waals surface area contributed by atoms with Crippen LogP contribution < -0.4 is 18.9 Å². The van der Waals surface area contributed by atoms with Crippen LogP contribution in [0.25, 0.3) is 0 Å². The second-order valence-electron chi connectivity index (χ2n) is 8.97. The molecule has 0 bridgehead atoms. The van der Waals surface area contributed by atoms with E-state index in [0.717, 1.165) is 41.7 Å². The molecule has 34 heavy (non-hydrogen) atoms. The van der Waals surface area contributed by atoms with Crippen molar-refractivity contribution in [2.75, 3.05) is 66.7 Å². The molecule has 0 saturated carbocycles. The number of benzene rings is 2. The minimum Gasteiger partial charge on any atom is -0.486 e. The van der Waals surface area contributed by atoms with Crippen molar-refractivity contribution < 1.29 is 29.2 Å². The first kappa shape index (κ1) is 26.1. The fraction of sp³-hybridized carbons (Fsp3) is 0.538. The Bertz CT molecular complexity index is 909. The first-order valence-electron chi connectivity index (χ1n) is 11.8. The van der Waals surface area contributed by atoms with E-state index in [1.165, 1.54) is 5.56 Å². The SMILES string of the molecule is Cc1ccc2c(c1)OC(CN(C)CCO)CO2.Cc1ccc2c(c1)OCC(CN(C)CCO)O2. The third-order valence-corrected chi connectivity index (χ3v) is 5.63. The van der Waals surface area contributed by atoms with Gasteiger partial charge in [-0.15, -0.1) is 0 Å². The van der Waals surface area contributed by atoms with Crippen molar-refractivity contribution in [3.63, 3.8) is 0 Å². The number of aliphatic hydroxyl groups is 2. The molecule has 2 aliphatic heterocycles. The molecule has 2 unspecified atom stereocenters. The van der Waals surface area contributed by atoms with E-state index in [1.807, 2.05) is 74.1 Å². The van der Waals surface area contributed by atoms with E-state index in [9.17, 15) is 0 Å². The molecule has 2 heterocycles. The highest BCUT2D eigenvalue weighted by Gasteiger charge is 2.23. The lowest BCUT2D eigenvalue weighted by Gasteiger charge is -2.29. The number of ether oxygens (including phenoxy) is 4. The summed E-state index contributed by atoms with van der Waals surface area (Å²) in [4.78, 5) is 4.07. The lowest BCUT2D eigenvalue weighted by Crippen LogP contribution is -2.40. The van der Waals surface area contributed by atoms with Gasteiger partial charge in [-0.1, -0.05) is 12.1 Å². The minimum atomic E-state index is 0.0286. The van der Waals surface area contributed by atoms with Crippen molar-refractivity contribution in [3.8, 4) is 23.0 Å². The van der Waals surface area contributed by atoms with E-state index in [1.54, 1.807) is 0 Å². The van der Waals surface area contributed by atoms with Gasteiger partial charge in [0.25, 0.3) is 0 Å². The number of rotatable bonds is 8. The average Bonchev–Trinajstić information content (AvgIpc) is 2.79. The van der Waals surface area contributed by atoms with E-state index >= 15 is 0 Å². The van der Waals surface area contributed by atoms with Crippen LogP contribution in [0.15, 0.2) is 36.4 Å². The van der Waals surface area contributed by atoms with Gasteiger partial charge in [-0.05, 0) is 63.3 Å². The van der Waals surface area contributed by atoms with Crippen LogP contribution in [0, 0.1) is 13.8 Å². The van der Waals surface area contributed by atoms with Crippen molar-refractivity contribution in [1.82, 2.24) is 9.80 Å². The number of aliphatic hydroxyl groups excluding tert-OH is 2. The largest absolute Gasteiger partial charge is 0.486 e. The van der Waals surface area contributed by atoms with Crippen molar-refractivity contribution in [2.45, 2.75) is 26.1 Å². The normalized spacial score (nSPS) is 18.5. The van der Waals surface area contributed by atoms with Crippen LogP contribution in [-0.2, 0) is 0 Å². The van der Waals surface area contributed by atoms with Crippen LogP contribution in [0.5, 0.6) is 23.0 Å². The molecule has 4 rings (SSSR count). The molecule has 2 aromatic carbocycles. The van der Waals surface area contributed by atoms with Crippen molar-refractivity contribution in [2.24, 2.45) is 0 Å². The summed E-state index contributed by atoms with van der Waals surface area (Å²) in [6.45, 7) is 8.34. The zero-order valence-electron chi connectivity index (χ0n) is 20.7. The van der Waals surface area contributed by atoms with E-state index in [0.29, 0.717) is 26.3 Å². The van der Waals surface area contributed by atoms with Crippen molar-refractivity contribution >= 4 is 0 Å². The Morgan fingerprint density at radius 3 is 1.74 bits per heavy atom. The van der Waals surface area contributed by atoms with Gasteiger partial charge in [0.1, 0.15) is 25.4 Å². The van der Waals surface area contributed by atoms with Gasteiger partial charge in [0.05, 0.1) is 13.2 Å². The molecule has 0 saturated heterocycles. The molecular formula is C26H38N2O6. The van der Waals surface area contributed by atoms with Gasteiger partial charge >= 0.3 is 0 Å². The summed E-state index contributed by atoms with van der Waals surface area (Å²) in [5, 5.41) is 17.7. The highest BCUT2D eigenvalue weighted by Crippen LogP contribution is 2.33. The molecule has 0 radical (unpaired) electrons. The van der Waals surface area contributed by atoms with Crippen LogP contribution >= 0.6 is 0 Å². The zero-order valence-corrected chi connectivity index (χ0v) is 20.7. The minimum absolute atomic E-state index is 0.0286. The molecule has 0 spiro atoms. The summed E-state index contributed by atoms with van der Waals surface area (Å²) >= 11 is 0. The number of hydrogen-bond donors (Lipinski definition) is 2. The summed E-state index contributed by atoms with van der Waals surface area (Å²) < 4.78 is 23.1. The monoisotopic (exact) mass is 474 g/mol. The molecule has 2 aromatic rings. The second-order valence-corrected chi connectivity index (χ2v) is 8.97. The van der Waals surface area contributed by atoms with E-state index < -0.39 is 0 Å². The van der Waals surface area contributed by atoms with Crippen LogP contribution in [0.1, 0.15) is 11.1 Å². The van der Waals surface area contributed by atoms with Crippen LogP contribution in [0.3, 0.4) is 0 Å². The number of hydrogen-bond acceptors (Lipinski definition) is 8. The molecule has 0 amide bonds. The van der Waals surface area contributed by atoms with E-state index in [4.69, 9.17) is 29.2 Å². The Balaban J connectivity index is 0.000000191. The molecule has 8 heteroatoms. The number of aryl methyl sites for hydroxylation is 2. The molecule has 0 aromatic heterocycles. The average molecular weight is 475 g/mol. The second kappa shape index (κ2) is 12.8. The predicted octanol–water partition coefficient (Wildman–Crippen LogP) is 2.12. The van der Waals surface area contributed by atoms with Crippen LogP contribution in [0.2, 0.25) is 0 Å². The summed E-state index contributed by atoms with van der Waals surface area (Å²) in [6, 6.07) is 11.9. The smallest absolute Gasteiger partial charge is 0.162 e. The molecule has 0 aliphatic carbocycles. The van der Waals surface area contributed by atoms with E-state index in [2.05, 4.69) is 0 Å². The van der Waals surface area contributed by atoms with Crippen molar-refractivity contribution in [3.05, 3.63) is 47.5 Å². The maximum Gasteiger partial charge on any atom is 0.162 e. The van der Waals surface area contributed by atoms with Gasteiger partial charge in [-0.2, -0.15) is 0 Å². The highest BCUT2D eigenvalue weighted by molar-refractivity contribution is 5.44. The highest BCUT2D eigenvalue weighted by atomic mass is 16.6. The molecule has 0 fully saturated rings. The third kappa shape index (κ3) is 7.77. The van der Waals surface area contributed by atoms with Gasteiger partial charge in [-0.25, -0.2) is 0 Å². The van der Waals surface area contributed by atoms with Gasteiger partial charge in [0.15, 0.2) is 23.0 Å². The van der Waals surface area contributed by atoms with Crippen molar-refractivity contribution in [1.29, 1.82) is 0 Å². The van der Waals surface area contributed by atoms with Gasteiger partial charge in [-0.3, -0.25) is 0 Å². The maximum atomic E-state index is 8.85. The molecule has 2 N–H and O–H groups in total. The zero-order chi connectivity index (χ0) is 24.5. The predicted molar refractivity (Wildman–Crippen MR) is 131 cm³/mol. The summed E-state index contributed by atoms with van der Waals surface area (Å²) in [6.07, 6.45) is 0.0580. The lowest BCUT2D eigenvalue weighted by atomic mass is 10.2. The first-order chi connectivity index (χ1) is 16.4. The molecule has 8 nitrogen and oxygen atoms in total. The first-order valence-corrected chi connectivity index (χ1v) is 11.8. The molecule has 188 valence electrons. The fourth-order valence-corrected chi connectivity index (χ4v) is 3.84. The number of likely N-dealkylation sites (N-methyl/N-ethyl adjacent to an activating group) is 2. The summed E-state index contributed by atoms with van der Waals surface area (Å²) in [7, 11) is 3.93. The quantitative estimate of drug-likeness (QED) is 0.602. The molecule has 2 atom stereocenters. The Morgan fingerprint density at radius 1 is 0.706 bits per heavy atom. The molecular weight excluding hydrogens is 436 g/mol. The maximum absolute atomic E-state index is 8.85. The Hall–Kier alpha value is -2.52. The van der Waals surface area contributed by atoms with Gasteiger partial charge < -0.3 is 39.0 Å². The van der Waals surface area contributed by atoms with Crippen LogP contribution in [0.4, 0.5) is 0 Å². The van der Waals surface area contributed by atoms with Gasteiger partial charge in [0, 0.05) is 26.2 Å².